The van der Waals surface area contributed by atoms with E-state index >= 15 is 0 Å². The van der Waals surface area contributed by atoms with Gasteiger partial charge in [-0.05, 0) is 70.4 Å². The van der Waals surface area contributed by atoms with Crippen LogP contribution in [-0.4, -0.2) is 54.7 Å². The molecule has 0 N–H and O–H groups in total. The Morgan fingerprint density at radius 1 is 0.745 bits per heavy atom. The van der Waals surface area contributed by atoms with Crippen LogP contribution < -0.4 is 31.2 Å². The molecule has 4 aromatic rings. The third kappa shape index (κ3) is 7.85. The van der Waals surface area contributed by atoms with Crippen LogP contribution in [0.15, 0.2) is 84.9 Å². The van der Waals surface area contributed by atoms with Crippen molar-refractivity contribution in [1.29, 1.82) is 0 Å². The lowest BCUT2D eigenvalue weighted by Gasteiger charge is -2.37. The van der Waals surface area contributed by atoms with Gasteiger partial charge in [0.25, 0.3) is 0 Å². The predicted octanol–water partition coefficient (Wildman–Crippen LogP) is 5.18. The Balaban J connectivity index is 0.00000433. The molecule has 0 aliphatic carbocycles. The van der Waals surface area contributed by atoms with Gasteiger partial charge < -0.3 is 40.6 Å². The zero-order valence-corrected chi connectivity index (χ0v) is 29.7. The second-order valence-corrected chi connectivity index (χ2v) is 12.9. The van der Waals surface area contributed by atoms with Gasteiger partial charge in [-0.1, -0.05) is 71.8 Å². The van der Waals surface area contributed by atoms with Gasteiger partial charge in [-0.2, -0.15) is 0 Å². The van der Waals surface area contributed by atoms with Crippen molar-refractivity contribution in [3.8, 4) is 23.0 Å². The van der Waals surface area contributed by atoms with Crippen LogP contribution >= 0.6 is 0 Å². The fourth-order valence-corrected chi connectivity index (χ4v) is 7.17. The number of rotatable bonds is 12. The van der Waals surface area contributed by atoms with Crippen molar-refractivity contribution in [1.82, 2.24) is 4.90 Å². The Morgan fingerprint density at radius 2 is 1.36 bits per heavy atom. The van der Waals surface area contributed by atoms with E-state index in [9.17, 15) is 4.79 Å². The summed E-state index contributed by atoms with van der Waals surface area (Å²) in [7, 11) is 0. The Bertz CT molecular complexity index is 1620. The first-order valence-electron chi connectivity index (χ1n) is 16.8. The van der Waals surface area contributed by atoms with Crippen LogP contribution in [0.5, 0.6) is 23.0 Å². The van der Waals surface area contributed by atoms with E-state index in [0.717, 1.165) is 83.2 Å². The highest BCUT2D eigenvalue weighted by atomic mass is 79.9. The van der Waals surface area contributed by atoms with E-state index in [0.29, 0.717) is 26.3 Å². The molecule has 0 aromatic heterocycles. The van der Waals surface area contributed by atoms with Crippen LogP contribution in [0.4, 0.5) is 0 Å². The number of nitrogens with zero attached hydrogens (tertiary/aromatic N) is 2. The summed E-state index contributed by atoms with van der Waals surface area (Å²) >= 11 is 0. The van der Waals surface area contributed by atoms with Crippen molar-refractivity contribution in [3.05, 3.63) is 118 Å². The maximum Gasteiger partial charge on any atom is 0.235 e. The quantitative estimate of drug-likeness (QED) is 0.151. The highest BCUT2D eigenvalue weighted by molar-refractivity contribution is 5.89. The number of ether oxygens (including phenoxy) is 3. The van der Waals surface area contributed by atoms with Gasteiger partial charge in [0.1, 0.15) is 31.3 Å². The third-order valence-electron chi connectivity index (χ3n) is 9.67. The number of quaternary nitrogens is 1. The molecule has 0 radical (unpaired) electrons. The number of para-hydroxylation sites is 2. The first-order chi connectivity index (χ1) is 22.4. The lowest BCUT2D eigenvalue weighted by atomic mass is 9.86. The van der Waals surface area contributed by atoms with Crippen LogP contribution in [0.3, 0.4) is 0 Å². The SMILES string of the molecule is CC[N+](CC)(CCCCN(Cc1ccc2c(c1)OCCO2)C(=O)C1c2ccccc2Oc2ccccc21)Cc1cc(C)cc(C)c1.[Br-]. The monoisotopic (exact) mass is 698 g/mol. The smallest absolute Gasteiger partial charge is 0.235 e. The Kier molecular flexibility index (Phi) is 11.3. The first-order valence-corrected chi connectivity index (χ1v) is 16.8. The molecule has 0 saturated carbocycles. The standard InChI is InChI=1S/C40H47N2O4.BrH/c1-5-42(6-2,28-32-24-29(3)23-30(4)25-32)20-12-11-19-41(27-31-17-18-37-38(26-31)45-22-21-44-37)40(43)39-33-13-7-9-15-35(33)46-36-16-10-8-14-34(36)39;/h7-10,13-18,23-26,39H,5-6,11-12,19-22,27-28H2,1-4H3;1H/q+1;/p-1. The molecular formula is C40H47BrN2O4. The lowest BCUT2D eigenvalue weighted by Crippen LogP contribution is -3.00. The summed E-state index contributed by atoms with van der Waals surface area (Å²) in [4.78, 5) is 16.8. The van der Waals surface area contributed by atoms with Gasteiger partial charge in [0.15, 0.2) is 11.5 Å². The van der Waals surface area contributed by atoms with Crippen LogP contribution in [0.2, 0.25) is 0 Å². The zero-order chi connectivity index (χ0) is 32.1. The van der Waals surface area contributed by atoms with Crippen molar-refractivity contribution in [3.63, 3.8) is 0 Å². The number of amides is 1. The van der Waals surface area contributed by atoms with Gasteiger partial charge in [0.2, 0.25) is 5.91 Å². The number of fused-ring (bicyclic) bond motifs is 3. The fraction of sp³-hybridized carbons (Fsp3) is 0.375. The molecule has 4 aromatic carbocycles. The molecule has 2 aliphatic heterocycles. The van der Waals surface area contributed by atoms with Gasteiger partial charge in [0.05, 0.1) is 25.6 Å². The number of hydrogen-bond donors (Lipinski definition) is 0. The number of unbranched alkanes of at least 4 members (excludes halogenated alkanes) is 1. The maximum atomic E-state index is 14.7. The minimum Gasteiger partial charge on any atom is -1.00 e. The molecule has 7 heteroatoms. The molecule has 0 atom stereocenters. The summed E-state index contributed by atoms with van der Waals surface area (Å²) in [6.07, 6.45) is 1.97. The van der Waals surface area contributed by atoms with E-state index in [-0.39, 0.29) is 22.9 Å². The number of carbonyl (C=O) groups is 1. The normalized spacial score (nSPS) is 13.5. The van der Waals surface area contributed by atoms with E-state index in [2.05, 4.69) is 52.0 Å². The van der Waals surface area contributed by atoms with E-state index in [1.54, 1.807) is 0 Å². The molecule has 0 fully saturated rings. The van der Waals surface area contributed by atoms with Crippen molar-refractivity contribution in [2.45, 2.75) is 59.5 Å². The summed E-state index contributed by atoms with van der Waals surface area (Å²) in [5, 5.41) is 0. The van der Waals surface area contributed by atoms with Crippen molar-refractivity contribution >= 4 is 5.91 Å². The molecule has 1 amide bonds. The van der Waals surface area contributed by atoms with Crippen molar-refractivity contribution < 1.29 is 40.5 Å². The molecular weight excluding hydrogens is 652 g/mol. The lowest BCUT2D eigenvalue weighted by molar-refractivity contribution is -0.938. The number of aryl methyl sites for hydroxylation is 2. The second kappa shape index (κ2) is 15.4. The molecule has 6 rings (SSSR count). The molecule has 0 saturated heterocycles. The number of halogens is 1. The molecule has 2 heterocycles. The average Bonchev–Trinajstić information content (AvgIpc) is 3.07. The summed E-state index contributed by atoms with van der Waals surface area (Å²) in [5.74, 6) is 2.68. The summed E-state index contributed by atoms with van der Waals surface area (Å²) in [6.45, 7) is 15.5. The molecule has 0 bridgehead atoms. The Morgan fingerprint density at radius 3 is 2.00 bits per heavy atom. The van der Waals surface area contributed by atoms with Gasteiger partial charge >= 0.3 is 0 Å². The number of hydrogen-bond acceptors (Lipinski definition) is 4. The Hall–Kier alpha value is -3.81. The van der Waals surface area contributed by atoms with Gasteiger partial charge in [-0.3, -0.25) is 4.79 Å². The molecule has 47 heavy (non-hydrogen) atoms. The summed E-state index contributed by atoms with van der Waals surface area (Å²) in [5.41, 5.74) is 6.93. The summed E-state index contributed by atoms with van der Waals surface area (Å²) < 4.78 is 18.9. The van der Waals surface area contributed by atoms with Crippen LogP contribution in [0.25, 0.3) is 0 Å². The Labute approximate surface area is 290 Å². The average molecular weight is 700 g/mol. The number of benzene rings is 4. The topological polar surface area (TPSA) is 48.0 Å². The van der Waals surface area contributed by atoms with Crippen LogP contribution in [0, 0.1) is 13.8 Å². The number of carbonyl (C=O) groups excluding carboxylic acids is 1. The van der Waals surface area contributed by atoms with Crippen LogP contribution in [0.1, 0.15) is 66.0 Å². The van der Waals surface area contributed by atoms with Gasteiger partial charge in [-0.15, -0.1) is 0 Å². The summed E-state index contributed by atoms with van der Waals surface area (Å²) in [6, 6.07) is 28.8. The van der Waals surface area contributed by atoms with Crippen molar-refractivity contribution in [2.75, 3.05) is 39.4 Å². The molecule has 6 nitrogen and oxygen atoms in total. The minimum absolute atomic E-state index is 0. The van der Waals surface area contributed by atoms with Gasteiger partial charge in [0, 0.05) is 29.8 Å². The second-order valence-electron chi connectivity index (χ2n) is 12.9. The van der Waals surface area contributed by atoms with E-state index in [1.807, 2.05) is 65.6 Å². The third-order valence-corrected chi connectivity index (χ3v) is 9.67. The molecule has 248 valence electrons. The molecule has 0 spiro atoms. The van der Waals surface area contributed by atoms with E-state index in [1.165, 1.54) is 16.7 Å². The maximum absolute atomic E-state index is 14.7. The van der Waals surface area contributed by atoms with Crippen LogP contribution in [-0.2, 0) is 17.9 Å². The minimum atomic E-state index is -0.427. The fourth-order valence-electron chi connectivity index (χ4n) is 7.17. The van der Waals surface area contributed by atoms with E-state index in [4.69, 9.17) is 14.2 Å². The van der Waals surface area contributed by atoms with Crippen molar-refractivity contribution in [2.24, 2.45) is 0 Å². The largest absolute Gasteiger partial charge is 1.00 e. The molecule has 0 unspecified atom stereocenters. The zero-order valence-electron chi connectivity index (χ0n) is 28.1. The van der Waals surface area contributed by atoms with Gasteiger partial charge in [-0.25, -0.2) is 0 Å². The highest BCUT2D eigenvalue weighted by Crippen LogP contribution is 2.45. The van der Waals surface area contributed by atoms with E-state index < -0.39 is 5.92 Å². The highest BCUT2D eigenvalue weighted by Gasteiger charge is 2.35. The predicted molar refractivity (Wildman–Crippen MR) is 183 cm³/mol. The first kappa shape index (κ1) is 34.5. The molecule has 2 aliphatic rings.